The summed E-state index contributed by atoms with van der Waals surface area (Å²) in [6.45, 7) is 2.08. The van der Waals surface area contributed by atoms with E-state index in [-0.39, 0.29) is 10.8 Å². The number of hydrogen-bond acceptors (Lipinski definition) is 5. The molecular weight excluding hydrogens is 372 g/mol. The maximum absolute atomic E-state index is 12.8. The molecular formula is C18H20N2O4S2. The third kappa shape index (κ3) is 3.96. The Morgan fingerprint density at radius 1 is 1.19 bits per heavy atom. The Morgan fingerprint density at radius 3 is 2.58 bits per heavy atom. The molecule has 0 aliphatic carbocycles. The molecule has 2 aromatic carbocycles. The Morgan fingerprint density at radius 2 is 1.92 bits per heavy atom. The van der Waals surface area contributed by atoms with Gasteiger partial charge in [0.25, 0.3) is 10.0 Å². The third-order valence-corrected chi connectivity index (χ3v) is 6.57. The summed E-state index contributed by atoms with van der Waals surface area (Å²) in [6, 6.07) is 11.5. The van der Waals surface area contributed by atoms with Gasteiger partial charge in [0, 0.05) is 24.1 Å². The van der Waals surface area contributed by atoms with Crippen molar-refractivity contribution in [3.8, 4) is 5.75 Å². The van der Waals surface area contributed by atoms with Crippen molar-refractivity contribution in [2.24, 2.45) is 0 Å². The molecule has 0 bridgehead atoms. The van der Waals surface area contributed by atoms with E-state index in [0.717, 1.165) is 17.1 Å². The minimum atomic E-state index is -3.77. The van der Waals surface area contributed by atoms with E-state index in [4.69, 9.17) is 4.74 Å². The fourth-order valence-electron chi connectivity index (χ4n) is 2.72. The number of amides is 1. The molecule has 1 heterocycles. The molecule has 1 aliphatic rings. The van der Waals surface area contributed by atoms with Crippen LogP contribution in [0.5, 0.6) is 5.75 Å². The lowest BCUT2D eigenvalue weighted by Crippen LogP contribution is -2.29. The smallest absolute Gasteiger partial charge is 0.261 e. The van der Waals surface area contributed by atoms with Gasteiger partial charge in [-0.25, -0.2) is 8.42 Å². The summed E-state index contributed by atoms with van der Waals surface area (Å²) in [5, 5.41) is 0. The van der Waals surface area contributed by atoms with Gasteiger partial charge in [-0.05, 0) is 54.6 Å². The second-order valence-electron chi connectivity index (χ2n) is 5.84. The fourth-order valence-corrected chi connectivity index (χ4v) is 4.78. The van der Waals surface area contributed by atoms with Crippen LogP contribution < -0.4 is 14.4 Å². The number of carbonyl (C=O) groups is 1. The standard InChI is InChI=1S/C18H20N2O4S2/c1-13(21)20-10-3-11-25-18-9-8-16(12-17(18)20)26(22,23)19-14-4-6-15(24-2)7-5-14/h4-9,12,19H,3,10-11H2,1-2H3. The van der Waals surface area contributed by atoms with Gasteiger partial charge in [-0.2, -0.15) is 0 Å². The van der Waals surface area contributed by atoms with E-state index in [1.165, 1.54) is 6.92 Å². The SMILES string of the molecule is COc1ccc(NS(=O)(=O)c2ccc3c(c2)N(C(C)=O)CCCS3)cc1. The van der Waals surface area contributed by atoms with E-state index in [1.54, 1.807) is 66.2 Å². The number of nitrogens with zero attached hydrogens (tertiary/aromatic N) is 1. The lowest BCUT2D eigenvalue weighted by molar-refractivity contribution is -0.116. The molecule has 26 heavy (non-hydrogen) atoms. The summed E-state index contributed by atoms with van der Waals surface area (Å²) in [4.78, 5) is 14.7. The maximum atomic E-state index is 12.8. The van der Waals surface area contributed by atoms with Crippen molar-refractivity contribution in [2.45, 2.75) is 23.1 Å². The summed E-state index contributed by atoms with van der Waals surface area (Å²) in [5.41, 5.74) is 1.09. The number of anilines is 2. The van der Waals surface area contributed by atoms with Crippen molar-refractivity contribution in [1.82, 2.24) is 0 Å². The molecule has 0 fully saturated rings. The van der Waals surface area contributed by atoms with Crippen LogP contribution in [-0.2, 0) is 14.8 Å². The highest BCUT2D eigenvalue weighted by molar-refractivity contribution is 7.99. The number of benzene rings is 2. The van der Waals surface area contributed by atoms with Crippen molar-refractivity contribution in [3.05, 3.63) is 42.5 Å². The van der Waals surface area contributed by atoms with Crippen molar-refractivity contribution < 1.29 is 17.9 Å². The number of nitrogens with one attached hydrogen (secondary N) is 1. The van der Waals surface area contributed by atoms with Crippen LogP contribution in [-0.4, -0.2) is 33.7 Å². The normalized spacial score (nSPS) is 14.3. The van der Waals surface area contributed by atoms with E-state index in [2.05, 4.69) is 4.72 Å². The molecule has 0 saturated carbocycles. The van der Waals surface area contributed by atoms with Gasteiger partial charge in [-0.3, -0.25) is 9.52 Å². The van der Waals surface area contributed by atoms with E-state index in [0.29, 0.717) is 23.7 Å². The van der Waals surface area contributed by atoms with Gasteiger partial charge >= 0.3 is 0 Å². The highest BCUT2D eigenvalue weighted by Crippen LogP contribution is 2.36. The van der Waals surface area contributed by atoms with Gasteiger partial charge in [0.1, 0.15) is 5.75 Å². The average molecular weight is 393 g/mol. The number of fused-ring (bicyclic) bond motifs is 1. The first-order chi connectivity index (χ1) is 12.4. The molecule has 0 aromatic heterocycles. The number of thioether (sulfide) groups is 1. The molecule has 0 radical (unpaired) electrons. The summed E-state index contributed by atoms with van der Waals surface area (Å²) in [7, 11) is -2.22. The van der Waals surface area contributed by atoms with Crippen LogP contribution in [0.15, 0.2) is 52.3 Å². The van der Waals surface area contributed by atoms with E-state index >= 15 is 0 Å². The Balaban J connectivity index is 1.93. The topological polar surface area (TPSA) is 75.7 Å². The minimum Gasteiger partial charge on any atom is -0.497 e. The quantitative estimate of drug-likeness (QED) is 0.864. The molecule has 8 heteroatoms. The second kappa shape index (κ2) is 7.59. The summed E-state index contributed by atoms with van der Waals surface area (Å²) < 4.78 is 33.1. The van der Waals surface area contributed by atoms with Gasteiger partial charge in [0.2, 0.25) is 5.91 Å². The van der Waals surface area contributed by atoms with Crippen LogP contribution in [0.25, 0.3) is 0 Å². The average Bonchev–Trinajstić information content (AvgIpc) is 2.84. The summed E-state index contributed by atoms with van der Waals surface area (Å²) >= 11 is 1.64. The lowest BCUT2D eigenvalue weighted by Gasteiger charge is -2.21. The van der Waals surface area contributed by atoms with Crippen LogP contribution in [0, 0.1) is 0 Å². The van der Waals surface area contributed by atoms with Crippen LogP contribution in [0.3, 0.4) is 0 Å². The monoisotopic (exact) mass is 392 g/mol. The Kier molecular flexibility index (Phi) is 5.43. The van der Waals surface area contributed by atoms with E-state index in [9.17, 15) is 13.2 Å². The third-order valence-electron chi connectivity index (χ3n) is 4.04. The molecule has 0 saturated heterocycles. The predicted molar refractivity (Wildman–Crippen MR) is 104 cm³/mol. The van der Waals surface area contributed by atoms with Gasteiger partial charge in [-0.15, -0.1) is 11.8 Å². The number of sulfonamides is 1. The zero-order valence-corrected chi connectivity index (χ0v) is 16.2. The molecule has 1 amide bonds. The maximum Gasteiger partial charge on any atom is 0.261 e. The van der Waals surface area contributed by atoms with Crippen molar-refractivity contribution in [1.29, 1.82) is 0 Å². The number of hydrogen-bond donors (Lipinski definition) is 1. The number of ether oxygens (including phenoxy) is 1. The molecule has 1 aliphatic heterocycles. The lowest BCUT2D eigenvalue weighted by atomic mass is 10.2. The van der Waals surface area contributed by atoms with E-state index in [1.807, 2.05) is 0 Å². The fraction of sp³-hybridized carbons (Fsp3) is 0.278. The number of methoxy groups -OCH3 is 1. The predicted octanol–water partition coefficient (Wildman–Crippen LogP) is 3.34. The van der Waals surface area contributed by atoms with Gasteiger partial charge in [-0.1, -0.05) is 0 Å². The number of rotatable bonds is 4. The van der Waals surface area contributed by atoms with Gasteiger partial charge < -0.3 is 9.64 Å². The van der Waals surface area contributed by atoms with Crippen LogP contribution in [0.4, 0.5) is 11.4 Å². The Hall–Kier alpha value is -2.19. The minimum absolute atomic E-state index is 0.0913. The highest BCUT2D eigenvalue weighted by Gasteiger charge is 2.23. The van der Waals surface area contributed by atoms with Crippen LogP contribution in [0.2, 0.25) is 0 Å². The largest absolute Gasteiger partial charge is 0.497 e. The van der Waals surface area contributed by atoms with Crippen molar-refractivity contribution >= 4 is 39.1 Å². The molecule has 0 atom stereocenters. The highest BCUT2D eigenvalue weighted by atomic mass is 32.2. The van der Waals surface area contributed by atoms with Crippen molar-refractivity contribution in [3.63, 3.8) is 0 Å². The molecule has 1 N–H and O–H groups in total. The zero-order chi connectivity index (χ0) is 18.7. The summed E-state index contributed by atoms with van der Waals surface area (Å²) in [5.74, 6) is 1.45. The van der Waals surface area contributed by atoms with Crippen LogP contribution in [0.1, 0.15) is 13.3 Å². The molecule has 2 aromatic rings. The molecule has 0 unspecified atom stereocenters. The van der Waals surface area contributed by atoms with Gasteiger partial charge in [0.15, 0.2) is 0 Å². The van der Waals surface area contributed by atoms with Crippen molar-refractivity contribution in [2.75, 3.05) is 29.0 Å². The molecule has 138 valence electrons. The second-order valence-corrected chi connectivity index (χ2v) is 8.66. The number of carbonyl (C=O) groups excluding carboxylic acids is 1. The molecule has 0 spiro atoms. The first-order valence-corrected chi connectivity index (χ1v) is 10.6. The zero-order valence-electron chi connectivity index (χ0n) is 14.6. The first-order valence-electron chi connectivity index (χ1n) is 8.12. The van der Waals surface area contributed by atoms with Gasteiger partial charge in [0.05, 0.1) is 17.7 Å². The molecule has 3 rings (SSSR count). The Labute approximate surface area is 157 Å². The van der Waals surface area contributed by atoms with Crippen LogP contribution >= 0.6 is 11.8 Å². The Bertz CT molecular complexity index is 911. The summed E-state index contributed by atoms with van der Waals surface area (Å²) in [6.07, 6.45) is 0.866. The first kappa shape index (κ1) is 18.6. The molecule has 6 nitrogen and oxygen atoms in total. The van der Waals surface area contributed by atoms with E-state index < -0.39 is 10.0 Å².